The van der Waals surface area contributed by atoms with Crippen molar-refractivity contribution in [3.05, 3.63) is 63.6 Å². The average Bonchev–Trinajstić information content (AvgIpc) is 2.87. The zero-order valence-electron chi connectivity index (χ0n) is 22.3. The third-order valence-electron chi connectivity index (χ3n) is 7.08. The molecule has 1 saturated carbocycles. The van der Waals surface area contributed by atoms with Crippen molar-refractivity contribution in [2.75, 3.05) is 17.1 Å². The van der Waals surface area contributed by atoms with Crippen molar-refractivity contribution in [2.45, 2.75) is 77.4 Å². The Morgan fingerprint density at radius 1 is 1.03 bits per heavy atom. The molecule has 0 aromatic heterocycles. The molecule has 1 atom stereocenters. The van der Waals surface area contributed by atoms with E-state index in [1.165, 1.54) is 15.6 Å². The Morgan fingerprint density at radius 2 is 1.68 bits per heavy atom. The fourth-order valence-corrected chi connectivity index (χ4v) is 6.19. The highest BCUT2D eigenvalue weighted by Gasteiger charge is 2.29. The molecule has 0 saturated heterocycles. The number of carbonyl (C=O) groups excluding carboxylic acids is 2. The van der Waals surface area contributed by atoms with Gasteiger partial charge in [0.25, 0.3) is 0 Å². The molecule has 1 aliphatic carbocycles. The van der Waals surface area contributed by atoms with E-state index in [9.17, 15) is 18.0 Å². The molecule has 1 aliphatic rings. The van der Waals surface area contributed by atoms with E-state index in [2.05, 4.69) is 5.32 Å². The standard InChI is InChI=1S/C28H37Cl2N3O4S/c1-20-24(29)15-9-16-26(20)33(38(3,36)37)18-10-17-27(34)32(19-22-11-7-8-14-25(22)30)21(2)28(35)31-23-12-5-4-6-13-23/h7-9,11,14-16,21,23H,4-6,10,12-13,17-19H2,1-3H3,(H,31,35)/t21-/m0/s1. The minimum atomic E-state index is -3.61. The average molecular weight is 583 g/mol. The van der Waals surface area contributed by atoms with E-state index < -0.39 is 16.1 Å². The molecule has 208 valence electrons. The zero-order chi connectivity index (χ0) is 27.9. The lowest BCUT2D eigenvalue weighted by atomic mass is 9.95. The van der Waals surface area contributed by atoms with E-state index >= 15 is 0 Å². The van der Waals surface area contributed by atoms with Crippen LogP contribution in [0.3, 0.4) is 0 Å². The van der Waals surface area contributed by atoms with Crippen LogP contribution in [0.4, 0.5) is 5.69 Å². The van der Waals surface area contributed by atoms with Gasteiger partial charge < -0.3 is 10.2 Å². The molecule has 2 aromatic carbocycles. The Balaban J connectivity index is 1.75. The molecule has 38 heavy (non-hydrogen) atoms. The molecule has 0 unspecified atom stereocenters. The Morgan fingerprint density at radius 3 is 2.34 bits per heavy atom. The molecule has 0 aliphatic heterocycles. The first-order chi connectivity index (χ1) is 18.0. The van der Waals surface area contributed by atoms with Crippen LogP contribution in [-0.2, 0) is 26.2 Å². The second-order valence-electron chi connectivity index (χ2n) is 9.96. The van der Waals surface area contributed by atoms with Crippen molar-refractivity contribution in [3.63, 3.8) is 0 Å². The molecule has 1 fully saturated rings. The Hall–Kier alpha value is -2.29. The maximum Gasteiger partial charge on any atom is 0.242 e. The van der Waals surface area contributed by atoms with Crippen LogP contribution >= 0.6 is 23.2 Å². The third kappa shape index (κ3) is 8.10. The van der Waals surface area contributed by atoms with Gasteiger partial charge in [0.05, 0.1) is 11.9 Å². The summed E-state index contributed by atoms with van der Waals surface area (Å²) in [5.74, 6) is -0.433. The normalized spacial score (nSPS) is 15.1. The highest BCUT2D eigenvalue weighted by atomic mass is 35.5. The smallest absolute Gasteiger partial charge is 0.242 e. The number of nitrogens with zero attached hydrogens (tertiary/aromatic N) is 2. The summed E-state index contributed by atoms with van der Waals surface area (Å²) in [6.45, 7) is 3.78. The van der Waals surface area contributed by atoms with E-state index in [-0.39, 0.29) is 43.8 Å². The number of rotatable bonds is 11. The first kappa shape index (κ1) is 30.3. The maximum absolute atomic E-state index is 13.5. The highest BCUT2D eigenvalue weighted by molar-refractivity contribution is 7.92. The van der Waals surface area contributed by atoms with Crippen LogP contribution < -0.4 is 9.62 Å². The Labute approximate surface area is 236 Å². The summed E-state index contributed by atoms with van der Waals surface area (Å²) in [5.41, 5.74) is 1.88. The monoisotopic (exact) mass is 581 g/mol. The maximum atomic E-state index is 13.5. The number of halogens is 2. The van der Waals surface area contributed by atoms with Crippen LogP contribution in [0.5, 0.6) is 0 Å². The second kappa shape index (κ2) is 13.7. The highest BCUT2D eigenvalue weighted by Crippen LogP contribution is 2.29. The zero-order valence-corrected chi connectivity index (χ0v) is 24.6. The van der Waals surface area contributed by atoms with Crippen molar-refractivity contribution >= 4 is 50.7 Å². The molecule has 0 heterocycles. The number of sulfonamides is 1. The predicted molar refractivity (Wildman–Crippen MR) is 154 cm³/mol. The van der Waals surface area contributed by atoms with Gasteiger partial charge in [0.2, 0.25) is 21.8 Å². The summed E-state index contributed by atoms with van der Waals surface area (Å²) in [7, 11) is -3.61. The van der Waals surface area contributed by atoms with Gasteiger partial charge in [-0.1, -0.05) is 66.7 Å². The van der Waals surface area contributed by atoms with Gasteiger partial charge >= 0.3 is 0 Å². The van der Waals surface area contributed by atoms with Crippen LogP contribution in [0, 0.1) is 6.92 Å². The van der Waals surface area contributed by atoms with E-state index in [1.807, 2.05) is 18.2 Å². The largest absolute Gasteiger partial charge is 0.352 e. The minimum absolute atomic E-state index is 0.0666. The summed E-state index contributed by atoms with van der Waals surface area (Å²) < 4.78 is 26.5. The molecule has 3 rings (SSSR count). The van der Waals surface area contributed by atoms with Crippen LogP contribution in [0.1, 0.15) is 63.0 Å². The van der Waals surface area contributed by atoms with Crippen LogP contribution in [0.15, 0.2) is 42.5 Å². The molecule has 1 N–H and O–H groups in total. The summed E-state index contributed by atoms with van der Waals surface area (Å²) in [6.07, 6.45) is 6.72. The van der Waals surface area contributed by atoms with Crippen LogP contribution in [0.25, 0.3) is 0 Å². The van der Waals surface area contributed by atoms with Crippen LogP contribution in [0.2, 0.25) is 10.0 Å². The fraction of sp³-hybridized carbons (Fsp3) is 0.500. The molecule has 7 nitrogen and oxygen atoms in total. The van der Waals surface area contributed by atoms with Crippen molar-refractivity contribution in [1.29, 1.82) is 0 Å². The third-order valence-corrected chi connectivity index (χ3v) is 9.04. The first-order valence-electron chi connectivity index (χ1n) is 13.0. The summed E-state index contributed by atoms with van der Waals surface area (Å²) in [5, 5.41) is 4.10. The van der Waals surface area contributed by atoms with Gasteiger partial charge in [-0.05, 0) is 62.4 Å². The van der Waals surface area contributed by atoms with Crippen molar-refractivity contribution in [3.8, 4) is 0 Å². The van der Waals surface area contributed by atoms with Gasteiger partial charge in [-0.2, -0.15) is 0 Å². The Kier molecular flexibility index (Phi) is 10.9. The van der Waals surface area contributed by atoms with Gasteiger partial charge in [0.15, 0.2) is 0 Å². The van der Waals surface area contributed by atoms with Gasteiger partial charge in [0, 0.05) is 35.6 Å². The van der Waals surface area contributed by atoms with Gasteiger partial charge in [-0.3, -0.25) is 13.9 Å². The predicted octanol–water partition coefficient (Wildman–Crippen LogP) is 5.71. The lowest BCUT2D eigenvalue weighted by Crippen LogP contribution is -2.50. The fourth-order valence-electron chi connectivity index (χ4n) is 4.81. The minimum Gasteiger partial charge on any atom is -0.352 e. The lowest BCUT2D eigenvalue weighted by Gasteiger charge is -2.32. The molecule has 2 aromatic rings. The number of hydrogen-bond donors (Lipinski definition) is 1. The van der Waals surface area contributed by atoms with Gasteiger partial charge in [0.1, 0.15) is 6.04 Å². The molecular formula is C28H37Cl2N3O4S. The summed E-state index contributed by atoms with van der Waals surface area (Å²) in [4.78, 5) is 28.2. The molecule has 0 bridgehead atoms. The van der Waals surface area contributed by atoms with E-state index in [0.29, 0.717) is 21.3 Å². The number of anilines is 1. The van der Waals surface area contributed by atoms with Crippen LogP contribution in [-0.4, -0.2) is 50.0 Å². The molecule has 2 amide bonds. The van der Waals surface area contributed by atoms with E-state index in [4.69, 9.17) is 23.2 Å². The Bertz CT molecular complexity index is 1230. The number of nitrogens with one attached hydrogen (secondary N) is 1. The first-order valence-corrected chi connectivity index (χ1v) is 15.7. The number of carbonyl (C=O) groups is 2. The number of amides is 2. The van der Waals surface area contributed by atoms with Gasteiger partial charge in [-0.25, -0.2) is 8.42 Å². The van der Waals surface area contributed by atoms with E-state index in [0.717, 1.165) is 37.5 Å². The second-order valence-corrected chi connectivity index (χ2v) is 12.7. The SMILES string of the molecule is Cc1c(Cl)cccc1N(CCCC(=O)N(Cc1ccccc1Cl)[C@@H](C)C(=O)NC1CCCCC1)S(C)(=O)=O. The van der Waals surface area contributed by atoms with Crippen molar-refractivity contribution in [2.24, 2.45) is 0 Å². The quantitative estimate of drug-likeness (QED) is 0.368. The van der Waals surface area contributed by atoms with Crippen molar-refractivity contribution in [1.82, 2.24) is 10.2 Å². The topological polar surface area (TPSA) is 86.8 Å². The lowest BCUT2D eigenvalue weighted by molar-refractivity contribution is -0.141. The molecule has 0 radical (unpaired) electrons. The molecule has 0 spiro atoms. The number of hydrogen-bond acceptors (Lipinski definition) is 4. The number of benzene rings is 2. The molecular weight excluding hydrogens is 545 g/mol. The van der Waals surface area contributed by atoms with E-state index in [1.54, 1.807) is 38.1 Å². The molecule has 10 heteroatoms. The van der Waals surface area contributed by atoms with Crippen molar-refractivity contribution < 1.29 is 18.0 Å². The van der Waals surface area contributed by atoms with Gasteiger partial charge in [-0.15, -0.1) is 0 Å². The summed E-state index contributed by atoms with van der Waals surface area (Å²) >= 11 is 12.6. The summed E-state index contributed by atoms with van der Waals surface area (Å²) in [6, 6.07) is 11.8.